The maximum absolute atomic E-state index is 13.3. The molecule has 14 nitrogen and oxygen atoms in total. The van der Waals surface area contributed by atoms with Crippen molar-refractivity contribution in [2.45, 2.75) is 57.2 Å². The van der Waals surface area contributed by atoms with Crippen LogP contribution in [-0.4, -0.2) is 107 Å². The number of amides is 2. The Kier molecular flexibility index (Phi) is 7.74. The number of nitrogens with zero attached hydrogens (tertiary/aromatic N) is 11. The molecule has 2 saturated heterocycles. The molecule has 46 heavy (non-hydrogen) atoms. The molecule has 3 aliphatic rings. The van der Waals surface area contributed by atoms with Crippen molar-refractivity contribution in [2.75, 3.05) is 45.6 Å². The Labute approximate surface area is 267 Å². The van der Waals surface area contributed by atoms with E-state index in [9.17, 15) is 14.9 Å². The number of carbonyl (C=O) groups is 2. The molecule has 7 rings (SSSR count). The van der Waals surface area contributed by atoms with Crippen molar-refractivity contribution in [1.29, 1.82) is 5.26 Å². The van der Waals surface area contributed by atoms with Gasteiger partial charge in [-0.3, -0.25) is 24.5 Å². The molecule has 0 spiro atoms. The minimum atomic E-state index is -0.430. The van der Waals surface area contributed by atoms with Gasteiger partial charge in [0.05, 0.1) is 30.1 Å². The van der Waals surface area contributed by atoms with Crippen LogP contribution < -0.4 is 5.32 Å². The molecule has 0 radical (unpaired) electrons. The van der Waals surface area contributed by atoms with Crippen molar-refractivity contribution in [1.82, 2.24) is 49.0 Å². The van der Waals surface area contributed by atoms with Gasteiger partial charge in [-0.15, -0.1) is 5.10 Å². The number of anilines is 1. The van der Waals surface area contributed by atoms with Crippen LogP contribution in [0.2, 0.25) is 0 Å². The van der Waals surface area contributed by atoms with Gasteiger partial charge in [-0.2, -0.15) is 15.3 Å². The van der Waals surface area contributed by atoms with Crippen LogP contribution in [0.25, 0.3) is 16.9 Å². The number of aryl methyl sites for hydroxylation is 1. The first-order chi connectivity index (χ1) is 22.2. The van der Waals surface area contributed by atoms with E-state index in [1.807, 2.05) is 59.9 Å². The van der Waals surface area contributed by atoms with Crippen LogP contribution in [0.5, 0.6) is 0 Å². The summed E-state index contributed by atoms with van der Waals surface area (Å²) < 4.78 is 3.64. The Morgan fingerprint density at radius 3 is 2.61 bits per heavy atom. The molecule has 4 aromatic rings. The minimum absolute atomic E-state index is 0.0365. The molecule has 1 N–H and O–H groups in total. The summed E-state index contributed by atoms with van der Waals surface area (Å²) in [6.07, 6.45) is 7.66. The summed E-state index contributed by atoms with van der Waals surface area (Å²) in [7, 11) is 3.95. The third-order valence-corrected chi connectivity index (χ3v) is 9.17. The average molecular weight is 623 g/mol. The van der Waals surface area contributed by atoms with Crippen molar-refractivity contribution in [2.24, 2.45) is 5.92 Å². The lowest BCUT2D eigenvalue weighted by molar-refractivity contribution is -0.117. The molecule has 0 atom stereocenters. The fourth-order valence-corrected chi connectivity index (χ4v) is 6.64. The highest BCUT2D eigenvalue weighted by Gasteiger charge is 2.48. The van der Waals surface area contributed by atoms with Crippen LogP contribution in [0.1, 0.15) is 54.1 Å². The van der Waals surface area contributed by atoms with Gasteiger partial charge in [0.1, 0.15) is 17.1 Å². The van der Waals surface area contributed by atoms with E-state index < -0.39 is 5.54 Å². The molecule has 4 aromatic heterocycles. The summed E-state index contributed by atoms with van der Waals surface area (Å²) in [5.41, 5.74) is 3.15. The molecule has 6 heterocycles. The average Bonchev–Trinajstić information content (AvgIpc) is 3.61. The molecular weight excluding hydrogens is 584 g/mol. The fraction of sp³-hybridized carbons (Fsp3) is 0.500. The number of hydrogen-bond acceptors (Lipinski definition) is 10. The third-order valence-electron chi connectivity index (χ3n) is 9.17. The van der Waals surface area contributed by atoms with Crippen LogP contribution in [0, 0.1) is 24.2 Å². The zero-order chi connectivity index (χ0) is 32.0. The number of fused-ring (bicyclic) bond motifs is 1. The number of nitrogens with one attached hydrogen (secondary N) is 1. The van der Waals surface area contributed by atoms with E-state index in [0.717, 1.165) is 42.6 Å². The molecule has 238 valence electrons. The molecule has 0 unspecified atom stereocenters. The predicted octanol–water partition coefficient (Wildman–Crippen LogP) is 2.33. The van der Waals surface area contributed by atoms with Crippen molar-refractivity contribution < 1.29 is 9.59 Å². The highest BCUT2D eigenvalue weighted by Crippen LogP contribution is 2.37. The number of rotatable bonds is 9. The van der Waals surface area contributed by atoms with Gasteiger partial charge in [0.25, 0.3) is 5.91 Å². The molecule has 1 aliphatic carbocycles. The van der Waals surface area contributed by atoms with Crippen molar-refractivity contribution in [3.8, 4) is 17.3 Å². The molecule has 2 aliphatic heterocycles. The Morgan fingerprint density at radius 1 is 1.11 bits per heavy atom. The van der Waals surface area contributed by atoms with Crippen molar-refractivity contribution in [3.63, 3.8) is 0 Å². The summed E-state index contributed by atoms with van der Waals surface area (Å²) in [4.78, 5) is 45.3. The van der Waals surface area contributed by atoms with Gasteiger partial charge >= 0.3 is 0 Å². The van der Waals surface area contributed by atoms with E-state index >= 15 is 0 Å². The molecule has 1 saturated carbocycles. The number of pyridine rings is 1. The lowest BCUT2D eigenvalue weighted by atomic mass is 9.83. The Morgan fingerprint density at radius 2 is 1.89 bits per heavy atom. The van der Waals surface area contributed by atoms with Gasteiger partial charge in [0.15, 0.2) is 5.65 Å². The number of piperidine rings is 1. The first kappa shape index (κ1) is 29.9. The molecule has 0 aromatic carbocycles. The minimum Gasteiger partial charge on any atom is -0.337 e. The standard InChI is InChI=1S/C32H38N12O2/c1-21-35-24(18-40(2)3)15-26(36-21)30(46)41-13-9-25(10-14-41)42-19-32(20-42,11-12-33)43-17-23(16-34-43)27-5-4-6-28-37-31(39-44(27)28)38-29(45)22-7-8-22/h4-6,15-17,22,25H,7-11,13-14,18-20H2,1-3H3,(H,38,39,45). The van der Waals surface area contributed by atoms with E-state index in [-0.39, 0.29) is 17.7 Å². The summed E-state index contributed by atoms with van der Waals surface area (Å²) in [5, 5.41) is 21.9. The maximum Gasteiger partial charge on any atom is 0.272 e. The first-order valence-corrected chi connectivity index (χ1v) is 15.8. The quantitative estimate of drug-likeness (QED) is 0.294. The molecule has 0 bridgehead atoms. The number of likely N-dealkylation sites (tertiary alicyclic amines) is 2. The monoisotopic (exact) mass is 622 g/mol. The van der Waals surface area contributed by atoms with E-state index in [0.29, 0.717) is 68.3 Å². The zero-order valence-electron chi connectivity index (χ0n) is 26.4. The summed E-state index contributed by atoms with van der Waals surface area (Å²) in [5.74, 6) is 0.879. The smallest absolute Gasteiger partial charge is 0.272 e. The van der Waals surface area contributed by atoms with Crippen LogP contribution in [0.15, 0.2) is 36.7 Å². The number of hydrogen-bond donors (Lipinski definition) is 1. The largest absolute Gasteiger partial charge is 0.337 e. The highest BCUT2D eigenvalue weighted by atomic mass is 16.2. The lowest BCUT2D eigenvalue weighted by Gasteiger charge is -2.53. The Bertz CT molecular complexity index is 1820. The van der Waals surface area contributed by atoms with Crippen LogP contribution in [0.3, 0.4) is 0 Å². The lowest BCUT2D eigenvalue weighted by Crippen LogP contribution is -2.66. The summed E-state index contributed by atoms with van der Waals surface area (Å²) in [6, 6.07) is 10.2. The van der Waals surface area contributed by atoms with E-state index in [4.69, 9.17) is 5.10 Å². The Hall–Kier alpha value is -4.74. The first-order valence-electron chi connectivity index (χ1n) is 15.8. The second kappa shape index (κ2) is 11.9. The van der Waals surface area contributed by atoms with Gasteiger partial charge in [-0.25, -0.2) is 14.5 Å². The maximum atomic E-state index is 13.3. The van der Waals surface area contributed by atoms with E-state index in [1.165, 1.54) is 0 Å². The molecular formula is C32H38N12O2. The molecule has 14 heteroatoms. The summed E-state index contributed by atoms with van der Waals surface area (Å²) in [6.45, 7) is 5.22. The van der Waals surface area contributed by atoms with Crippen LogP contribution in [-0.2, 0) is 16.9 Å². The number of aromatic nitrogens is 7. The second-order valence-corrected chi connectivity index (χ2v) is 13.1. The van der Waals surface area contributed by atoms with Gasteiger partial charge in [0.2, 0.25) is 11.9 Å². The van der Waals surface area contributed by atoms with Crippen molar-refractivity contribution >= 4 is 23.4 Å². The summed E-state index contributed by atoms with van der Waals surface area (Å²) >= 11 is 0. The Balaban J connectivity index is 1.01. The predicted molar refractivity (Wildman–Crippen MR) is 168 cm³/mol. The second-order valence-electron chi connectivity index (χ2n) is 13.1. The zero-order valence-corrected chi connectivity index (χ0v) is 26.4. The van der Waals surface area contributed by atoms with E-state index in [1.54, 1.807) is 16.8 Å². The highest BCUT2D eigenvalue weighted by molar-refractivity contribution is 5.93. The normalized spacial score (nSPS) is 18.5. The van der Waals surface area contributed by atoms with Gasteiger partial charge in [-0.1, -0.05) is 6.07 Å². The number of carbonyl (C=O) groups excluding carboxylic acids is 2. The van der Waals surface area contributed by atoms with Crippen LogP contribution in [0.4, 0.5) is 5.95 Å². The topological polar surface area (TPSA) is 153 Å². The molecule has 3 fully saturated rings. The van der Waals surface area contributed by atoms with Crippen LogP contribution >= 0.6 is 0 Å². The third kappa shape index (κ3) is 5.83. The van der Waals surface area contributed by atoms with Crippen molar-refractivity contribution in [3.05, 3.63) is 53.9 Å². The van der Waals surface area contributed by atoms with Gasteiger partial charge in [-0.05, 0) is 64.9 Å². The van der Waals surface area contributed by atoms with E-state index in [2.05, 4.69) is 36.3 Å². The molecule has 2 amide bonds. The fourth-order valence-electron chi connectivity index (χ4n) is 6.64. The van der Waals surface area contributed by atoms with Gasteiger partial charge < -0.3 is 9.80 Å². The SMILES string of the molecule is Cc1nc(CN(C)C)cc(C(=O)N2CCC(N3CC(CC#N)(n4cc(-c5cccc6nc(NC(=O)C7CC7)nn56)cn4)C3)CC2)n1. The van der Waals surface area contributed by atoms with Gasteiger partial charge in [0, 0.05) is 56.4 Å². The number of nitriles is 1.